The molecule has 0 aliphatic rings. The van der Waals surface area contributed by atoms with Crippen LogP contribution >= 0.6 is 39.1 Å². The predicted molar refractivity (Wildman–Crippen MR) is 134 cm³/mol. The number of carbonyl (C=O) groups excluding carboxylic acids is 1. The molecule has 170 valence electrons. The summed E-state index contributed by atoms with van der Waals surface area (Å²) < 4.78 is 29.2. The smallest absolute Gasteiger partial charge is 0.272 e. The highest BCUT2D eigenvalue weighted by Gasteiger charge is 2.28. The second-order valence-corrected chi connectivity index (χ2v) is 11.0. The van der Waals surface area contributed by atoms with Crippen molar-refractivity contribution in [1.82, 2.24) is 8.87 Å². The van der Waals surface area contributed by atoms with Gasteiger partial charge in [0.05, 0.1) is 16.2 Å². The summed E-state index contributed by atoms with van der Waals surface area (Å²) >= 11 is 15.4. The van der Waals surface area contributed by atoms with Crippen molar-refractivity contribution in [2.45, 2.75) is 4.90 Å². The van der Waals surface area contributed by atoms with E-state index in [0.717, 1.165) is 3.97 Å². The number of halogens is 3. The molecule has 0 fully saturated rings. The zero-order valence-electron chi connectivity index (χ0n) is 17.4. The summed E-state index contributed by atoms with van der Waals surface area (Å²) in [6.45, 7) is 0. The molecule has 0 saturated carbocycles. The van der Waals surface area contributed by atoms with Crippen LogP contribution in [0.1, 0.15) is 10.4 Å². The van der Waals surface area contributed by atoms with Crippen molar-refractivity contribution < 1.29 is 18.3 Å². The fourth-order valence-corrected chi connectivity index (χ4v) is 6.37. The summed E-state index contributed by atoms with van der Waals surface area (Å²) in [5.41, 5.74) is 1.74. The zero-order chi connectivity index (χ0) is 24.1. The first kappa shape index (κ1) is 23.6. The number of nitrogens with zero attached hydrogens (tertiary/aromatic N) is 2. The summed E-state index contributed by atoms with van der Waals surface area (Å²) in [6.07, 6.45) is 0. The molecule has 1 aromatic heterocycles. The van der Waals surface area contributed by atoms with Crippen LogP contribution in [0.5, 0.6) is 5.75 Å². The highest BCUT2D eigenvalue weighted by atomic mass is 79.9. The summed E-state index contributed by atoms with van der Waals surface area (Å²) in [7, 11) is -0.990. The Balaban J connectivity index is 1.99. The minimum Gasteiger partial charge on any atom is -0.505 e. The molecule has 0 radical (unpaired) electrons. The van der Waals surface area contributed by atoms with Gasteiger partial charge in [-0.05, 0) is 54.1 Å². The Morgan fingerprint density at radius 3 is 2.30 bits per heavy atom. The van der Waals surface area contributed by atoms with Crippen LogP contribution in [-0.2, 0) is 10.0 Å². The lowest BCUT2D eigenvalue weighted by atomic mass is 10.1. The first-order chi connectivity index (χ1) is 15.5. The van der Waals surface area contributed by atoms with E-state index in [4.69, 9.17) is 23.2 Å². The van der Waals surface area contributed by atoms with Gasteiger partial charge in [0.15, 0.2) is 5.75 Å². The van der Waals surface area contributed by atoms with E-state index in [9.17, 15) is 18.3 Å². The number of amides is 1. The Bertz CT molecular complexity index is 1510. The van der Waals surface area contributed by atoms with Gasteiger partial charge in [0, 0.05) is 34.5 Å². The molecule has 33 heavy (non-hydrogen) atoms. The van der Waals surface area contributed by atoms with Gasteiger partial charge in [-0.15, -0.1) is 0 Å². The first-order valence-electron chi connectivity index (χ1n) is 9.57. The van der Waals surface area contributed by atoms with Gasteiger partial charge in [0.25, 0.3) is 15.9 Å². The van der Waals surface area contributed by atoms with Crippen LogP contribution < -0.4 is 0 Å². The summed E-state index contributed by atoms with van der Waals surface area (Å²) in [5.74, 6) is -0.719. The van der Waals surface area contributed by atoms with Gasteiger partial charge in [-0.25, -0.2) is 12.4 Å². The Kier molecular flexibility index (Phi) is 6.22. The Hall–Kier alpha value is -2.52. The molecule has 0 aliphatic heterocycles. The Morgan fingerprint density at radius 2 is 1.67 bits per heavy atom. The predicted octanol–water partition coefficient (Wildman–Crippen LogP) is 6.02. The lowest BCUT2D eigenvalue weighted by Gasteiger charge is -2.15. The number of fused-ring (bicyclic) bond motifs is 1. The number of hydrogen-bond donors (Lipinski definition) is 1. The molecule has 1 N–H and O–H groups in total. The minimum absolute atomic E-state index is 0.101. The number of phenols is 1. The second-order valence-electron chi connectivity index (χ2n) is 7.51. The second kappa shape index (κ2) is 8.68. The summed E-state index contributed by atoms with van der Waals surface area (Å²) in [6, 6.07) is 15.8. The fraction of sp³-hybridized carbons (Fsp3) is 0.0870. The van der Waals surface area contributed by atoms with Gasteiger partial charge >= 0.3 is 0 Å². The Labute approximate surface area is 209 Å². The third-order valence-corrected chi connectivity index (χ3v) is 7.79. The molecule has 3 aromatic carbocycles. The number of aromatic hydroxyl groups is 1. The number of aromatic nitrogens is 1. The molecule has 0 aliphatic carbocycles. The van der Waals surface area contributed by atoms with Crippen molar-refractivity contribution in [2.75, 3.05) is 14.1 Å². The van der Waals surface area contributed by atoms with E-state index in [-0.39, 0.29) is 15.8 Å². The van der Waals surface area contributed by atoms with Crippen molar-refractivity contribution in [2.24, 2.45) is 0 Å². The molecule has 0 unspecified atom stereocenters. The van der Waals surface area contributed by atoms with Gasteiger partial charge in [-0.2, -0.15) is 0 Å². The minimum atomic E-state index is -4.30. The van der Waals surface area contributed by atoms with Gasteiger partial charge in [0.2, 0.25) is 0 Å². The number of benzene rings is 3. The molecule has 10 heteroatoms. The van der Waals surface area contributed by atoms with Crippen LogP contribution in [-0.4, -0.2) is 42.4 Å². The van der Waals surface area contributed by atoms with Crippen molar-refractivity contribution >= 4 is 66.0 Å². The summed E-state index contributed by atoms with van der Waals surface area (Å²) in [5, 5.41) is 11.4. The number of phenolic OH excluding ortho intramolecular Hbond substituents is 1. The topological polar surface area (TPSA) is 79.6 Å². The van der Waals surface area contributed by atoms with Gasteiger partial charge in [-0.3, -0.25) is 4.79 Å². The van der Waals surface area contributed by atoms with E-state index in [0.29, 0.717) is 37.2 Å². The third kappa shape index (κ3) is 4.24. The largest absolute Gasteiger partial charge is 0.505 e. The third-order valence-electron chi connectivity index (χ3n) is 5.06. The van der Waals surface area contributed by atoms with Crippen LogP contribution in [0.2, 0.25) is 10.0 Å². The van der Waals surface area contributed by atoms with Crippen LogP contribution in [0.15, 0.2) is 70.0 Å². The molecular weight excluding hydrogens is 551 g/mol. The SMILES string of the molecule is CN(C)C(=O)c1ccc(-c2cc3cc(Cl)ccc3n2S(=O)(=O)c2cc(Br)cc(Cl)c2O)cc1. The molecular formula is C23H17BrCl2N2O4S. The van der Waals surface area contributed by atoms with Crippen molar-refractivity contribution in [3.63, 3.8) is 0 Å². The molecule has 4 rings (SSSR count). The quantitative estimate of drug-likeness (QED) is 0.327. The lowest BCUT2D eigenvalue weighted by Crippen LogP contribution is -2.21. The number of hydrogen-bond acceptors (Lipinski definition) is 4. The first-order valence-corrected chi connectivity index (χ1v) is 12.6. The Morgan fingerprint density at radius 1 is 1.00 bits per heavy atom. The fourth-order valence-electron chi connectivity index (χ4n) is 3.50. The van der Waals surface area contributed by atoms with Gasteiger partial charge in [0.1, 0.15) is 4.90 Å². The zero-order valence-corrected chi connectivity index (χ0v) is 21.3. The number of rotatable bonds is 4. The van der Waals surface area contributed by atoms with E-state index in [1.54, 1.807) is 62.6 Å². The maximum atomic E-state index is 13.8. The van der Waals surface area contributed by atoms with Crippen LogP contribution in [0.3, 0.4) is 0 Å². The molecule has 6 nitrogen and oxygen atoms in total. The van der Waals surface area contributed by atoms with Crippen molar-refractivity contribution in [1.29, 1.82) is 0 Å². The van der Waals surface area contributed by atoms with E-state index in [1.165, 1.54) is 17.0 Å². The highest BCUT2D eigenvalue weighted by Crippen LogP contribution is 2.39. The number of carbonyl (C=O) groups is 1. The highest BCUT2D eigenvalue weighted by molar-refractivity contribution is 9.10. The average molecular weight is 568 g/mol. The maximum Gasteiger partial charge on any atom is 0.272 e. The normalized spacial score (nSPS) is 11.7. The van der Waals surface area contributed by atoms with Gasteiger partial charge in [-0.1, -0.05) is 51.3 Å². The molecule has 0 spiro atoms. The van der Waals surface area contributed by atoms with Crippen molar-refractivity contribution in [3.05, 3.63) is 80.7 Å². The molecule has 0 atom stereocenters. The maximum absolute atomic E-state index is 13.8. The standard InChI is InChI=1S/C23H17BrCl2N2O4S/c1-27(2)23(30)14-5-3-13(4-6-14)20-10-15-9-17(25)7-8-19(15)28(20)33(31,32)21-12-16(24)11-18(26)22(21)29/h3-12,29H,1-2H3. The molecule has 4 aromatic rings. The van der Waals surface area contributed by atoms with E-state index >= 15 is 0 Å². The van der Waals surface area contributed by atoms with Crippen molar-refractivity contribution in [3.8, 4) is 17.0 Å². The van der Waals surface area contributed by atoms with E-state index < -0.39 is 15.8 Å². The van der Waals surface area contributed by atoms with E-state index in [1.807, 2.05) is 0 Å². The monoisotopic (exact) mass is 566 g/mol. The average Bonchev–Trinajstić information content (AvgIpc) is 3.15. The van der Waals surface area contributed by atoms with Crippen LogP contribution in [0.4, 0.5) is 0 Å². The summed E-state index contributed by atoms with van der Waals surface area (Å²) in [4.78, 5) is 13.4. The molecule has 0 bridgehead atoms. The lowest BCUT2D eigenvalue weighted by molar-refractivity contribution is 0.0827. The van der Waals surface area contributed by atoms with E-state index in [2.05, 4.69) is 15.9 Å². The van der Waals surface area contributed by atoms with Crippen LogP contribution in [0.25, 0.3) is 22.2 Å². The molecule has 1 amide bonds. The van der Waals surface area contributed by atoms with Crippen LogP contribution in [0, 0.1) is 0 Å². The van der Waals surface area contributed by atoms with Gasteiger partial charge < -0.3 is 10.0 Å². The molecule has 1 heterocycles. The molecule has 0 saturated heterocycles.